The van der Waals surface area contributed by atoms with Crippen LogP contribution in [-0.2, 0) is 0 Å². The maximum absolute atomic E-state index is 11.5. The minimum atomic E-state index is -0.468. The largest absolute Gasteiger partial charge is 0.391 e. The summed E-state index contributed by atoms with van der Waals surface area (Å²) in [5.74, 6) is -0.157. The summed E-state index contributed by atoms with van der Waals surface area (Å²) in [6.45, 7) is 2.17. The maximum Gasteiger partial charge on any atom is 0.251 e. The molecule has 0 aliphatic rings. The van der Waals surface area contributed by atoms with Crippen molar-refractivity contribution in [3.63, 3.8) is 0 Å². The number of rotatable bonds is 4. The van der Waals surface area contributed by atoms with Crippen LogP contribution in [-0.4, -0.2) is 23.7 Å². The van der Waals surface area contributed by atoms with E-state index in [0.717, 1.165) is 4.47 Å². The van der Waals surface area contributed by atoms with Crippen LogP contribution in [0.3, 0.4) is 0 Å². The lowest BCUT2D eigenvalue weighted by Gasteiger charge is -2.09. The van der Waals surface area contributed by atoms with E-state index in [0.29, 0.717) is 18.5 Å². The smallest absolute Gasteiger partial charge is 0.251 e. The average molecular weight is 272 g/mol. The van der Waals surface area contributed by atoms with Gasteiger partial charge < -0.3 is 10.4 Å². The lowest BCUT2D eigenvalue weighted by Crippen LogP contribution is -2.31. The number of halogens is 1. The van der Waals surface area contributed by atoms with Gasteiger partial charge in [-0.1, -0.05) is 22.9 Å². The van der Waals surface area contributed by atoms with Gasteiger partial charge in [-0.3, -0.25) is 4.79 Å². The molecule has 82 valence electrons. The Morgan fingerprint density at radius 1 is 1.47 bits per heavy atom. The Morgan fingerprint density at radius 2 is 2.07 bits per heavy atom. The number of carbonyl (C=O) groups is 1. The lowest BCUT2D eigenvalue weighted by molar-refractivity contribution is 0.0914. The number of amides is 1. The van der Waals surface area contributed by atoms with E-state index in [9.17, 15) is 9.90 Å². The molecule has 1 atom stereocenters. The van der Waals surface area contributed by atoms with E-state index in [-0.39, 0.29) is 5.91 Å². The highest BCUT2D eigenvalue weighted by atomic mass is 79.9. The second kappa shape index (κ2) is 5.88. The molecule has 0 heterocycles. The number of nitrogens with one attached hydrogen (secondary N) is 1. The standard InChI is InChI=1S/C11H14BrNO2/c1-2-10(14)7-13-11(15)8-3-5-9(12)6-4-8/h3-6,10,14H,2,7H2,1H3,(H,13,15). The summed E-state index contributed by atoms with van der Waals surface area (Å²) < 4.78 is 0.938. The van der Waals surface area contributed by atoms with Gasteiger partial charge in [0.05, 0.1) is 6.10 Å². The molecule has 0 saturated carbocycles. The molecule has 0 spiro atoms. The van der Waals surface area contributed by atoms with Crippen molar-refractivity contribution in [2.24, 2.45) is 0 Å². The molecule has 1 rings (SSSR count). The first-order chi connectivity index (χ1) is 7.13. The average Bonchev–Trinajstić information content (AvgIpc) is 2.26. The molecule has 4 heteroatoms. The summed E-state index contributed by atoms with van der Waals surface area (Å²) in [5.41, 5.74) is 0.599. The third-order valence-corrected chi connectivity index (χ3v) is 2.60. The van der Waals surface area contributed by atoms with Crippen LogP contribution < -0.4 is 5.32 Å². The zero-order valence-corrected chi connectivity index (χ0v) is 10.1. The van der Waals surface area contributed by atoms with Gasteiger partial charge in [-0.15, -0.1) is 0 Å². The Kier molecular flexibility index (Phi) is 4.78. The monoisotopic (exact) mass is 271 g/mol. The molecule has 1 aromatic rings. The van der Waals surface area contributed by atoms with Crippen LogP contribution in [0.5, 0.6) is 0 Å². The zero-order valence-electron chi connectivity index (χ0n) is 8.53. The van der Waals surface area contributed by atoms with Gasteiger partial charge >= 0.3 is 0 Å². The van der Waals surface area contributed by atoms with Crippen LogP contribution in [0, 0.1) is 0 Å². The molecular weight excluding hydrogens is 258 g/mol. The Labute approximate surface area is 97.6 Å². The van der Waals surface area contributed by atoms with Gasteiger partial charge in [-0.2, -0.15) is 0 Å². The van der Waals surface area contributed by atoms with E-state index in [1.165, 1.54) is 0 Å². The van der Waals surface area contributed by atoms with Crippen molar-refractivity contribution in [1.82, 2.24) is 5.32 Å². The van der Waals surface area contributed by atoms with Crippen molar-refractivity contribution in [1.29, 1.82) is 0 Å². The van der Waals surface area contributed by atoms with E-state index in [1.54, 1.807) is 12.1 Å². The molecule has 0 fully saturated rings. The SMILES string of the molecule is CCC(O)CNC(=O)c1ccc(Br)cc1. The molecular formula is C11H14BrNO2. The Balaban J connectivity index is 2.50. The highest BCUT2D eigenvalue weighted by molar-refractivity contribution is 9.10. The fraction of sp³-hybridized carbons (Fsp3) is 0.364. The quantitative estimate of drug-likeness (QED) is 0.880. The van der Waals surface area contributed by atoms with Gasteiger partial charge in [0.25, 0.3) is 5.91 Å². The van der Waals surface area contributed by atoms with Gasteiger partial charge in [0, 0.05) is 16.6 Å². The van der Waals surface area contributed by atoms with Crippen molar-refractivity contribution in [2.75, 3.05) is 6.54 Å². The predicted molar refractivity (Wildman–Crippen MR) is 62.8 cm³/mol. The molecule has 3 nitrogen and oxygen atoms in total. The van der Waals surface area contributed by atoms with Crippen LogP contribution in [0.4, 0.5) is 0 Å². The van der Waals surface area contributed by atoms with E-state index in [4.69, 9.17) is 0 Å². The van der Waals surface area contributed by atoms with Gasteiger partial charge in [0.1, 0.15) is 0 Å². The minimum Gasteiger partial charge on any atom is -0.391 e. The van der Waals surface area contributed by atoms with Crippen molar-refractivity contribution in [3.8, 4) is 0 Å². The third kappa shape index (κ3) is 4.01. The fourth-order valence-corrected chi connectivity index (χ4v) is 1.32. The first-order valence-corrected chi connectivity index (χ1v) is 5.64. The predicted octanol–water partition coefficient (Wildman–Crippen LogP) is 1.95. The molecule has 15 heavy (non-hydrogen) atoms. The molecule has 2 N–H and O–H groups in total. The molecule has 0 saturated heterocycles. The van der Waals surface area contributed by atoms with E-state index in [1.807, 2.05) is 19.1 Å². The molecule has 1 unspecified atom stereocenters. The van der Waals surface area contributed by atoms with Crippen molar-refractivity contribution in [2.45, 2.75) is 19.4 Å². The van der Waals surface area contributed by atoms with Crippen LogP contribution in [0.15, 0.2) is 28.7 Å². The van der Waals surface area contributed by atoms with Crippen LogP contribution in [0.25, 0.3) is 0 Å². The second-order valence-electron chi connectivity index (χ2n) is 3.28. The normalized spacial score (nSPS) is 12.2. The summed E-state index contributed by atoms with van der Waals surface area (Å²) in [5, 5.41) is 11.9. The summed E-state index contributed by atoms with van der Waals surface area (Å²) in [4.78, 5) is 11.5. The summed E-state index contributed by atoms with van der Waals surface area (Å²) in [6.07, 6.45) is 0.171. The summed E-state index contributed by atoms with van der Waals surface area (Å²) in [6, 6.07) is 7.09. The first kappa shape index (κ1) is 12.2. The molecule has 0 radical (unpaired) electrons. The second-order valence-corrected chi connectivity index (χ2v) is 4.19. The molecule has 1 aromatic carbocycles. The Hall–Kier alpha value is -0.870. The number of carbonyl (C=O) groups excluding carboxylic acids is 1. The van der Waals surface area contributed by atoms with Crippen molar-refractivity contribution >= 4 is 21.8 Å². The number of benzene rings is 1. The maximum atomic E-state index is 11.5. The lowest BCUT2D eigenvalue weighted by atomic mass is 10.2. The van der Waals surface area contributed by atoms with Crippen molar-refractivity contribution < 1.29 is 9.90 Å². The Morgan fingerprint density at radius 3 is 2.60 bits per heavy atom. The van der Waals surface area contributed by atoms with E-state index >= 15 is 0 Å². The number of hydrogen-bond acceptors (Lipinski definition) is 2. The van der Waals surface area contributed by atoms with Crippen LogP contribution in [0.1, 0.15) is 23.7 Å². The topological polar surface area (TPSA) is 49.3 Å². The molecule has 0 aromatic heterocycles. The van der Waals surface area contributed by atoms with Crippen molar-refractivity contribution in [3.05, 3.63) is 34.3 Å². The minimum absolute atomic E-state index is 0.157. The first-order valence-electron chi connectivity index (χ1n) is 4.85. The van der Waals surface area contributed by atoms with Crippen LogP contribution >= 0.6 is 15.9 Å². The number of aliphatic hydroxyl groups is 1. The molecule has 0 aliphatic carbocycles. The zero-order chi connectivity index (χ0) is 11.3. The van der Waals surface area contributed by atoms with Gasteiger partial charge in [0.15, 0.2) is 0 Å². The van der Waals surface area contributed by atoms with Crippen LogP contribution in [0.2, 0.25) is 0 Å². The number of hydrogen-bond donors (Lipinski definition) is 2. The summed E-state index contributed by atoms with van der Waals surface area (Å²) >= 11 is 3.30. The van der Waals surface area contributed by atoms with E-state index in [2.05, 4.69) is 21.2 Å². The summed E-state index contributed by atoms with van der Waals surface area (Å²) in [7, 11) is 0. The third-order valence-electron chi connectivity index (χ3n) is 2.08. The van der Waals surface area contributed by atoms with Gasteiger partial charge in [0.2, 0.25) is 0 Å². The highest BCUT2D eigenvalue weighted by Crippen LogP contribution is 2.10. The van der Waals surface area contributed by atoms with Gasteiger partial charge in [-0.05, 0) is 30.7 Å². The number of aliphatic hydroxyl groups excluding tert-OH is 1. The van der Waals surface area contributed by atoms with E-state index < -0.39 is 6.10 Å². The molecule has 0 aliphatic heterocycles. The molecule has 0 bridgehead atoms. The fourth-order valence-electron chi connectivity index (χ4n) is 1.06. The highest BCUT2D eigenvalue weighted by Gasteiger charge is 2.06. The van der Waals surface area contributed by atoms with Gasteiger partial charge in [-0.25, -0.2) is 0 Å². The molecule has 1 amide bonds. The Bertz CT molecular complexity index is 324.